The predicted octanol–water partition coefficient (Wildman–Crippen LogP) is 1.61. The average molecular weight is 467 g/mol. The third-order valence-electron chi connectivity index (χ3n) is 4.73. The summed E-state index contributed by atoms with van der Waals surface area (Å²) < 4.78 is 5.89. The largest absolute Gasteiger partial charge is 0.374 e. The van der Waals surface area contributed by atoms with Gasteiger partial charge in [0.05, 0.1) is 12.7 Å². The van der Waals surface area contributed by atoms with Gasteiger partial charge in [-0.05, 0) is 25.3 Å². The summed E-state index contributed by atoms with van der Waals surface area (Å²) in [5, 5.41) is 6.85. The third-order valence-corrected chi connectivity index (χ3v) is 4.73. The van der Waals surface area contributed by atoms with E-state index >= 15 is 0 Å². The Bertz CT molecular complexity index is 390. The van der Waals surface area contributed by atoms with Gasteiger partial charge in [0.15, 0.2) is 5.96 Å². The maximum Gasteiger partial charge on any atom is 0.191 e. The second-order valence-electron chi connectivity index (χ2n) is 7.39. The highest BCUT2D eigenvalue weighted by Gasteiger charge is 2.27. The van der Waals surface area contributed by atoms with Gasteiger partial charge in [-0.3, -0.25) is 14.8 Å². The highest BCUT2D eigenvalue weighted by molar-refractivity contribution is 14.0. The van der Waals surface area contributed by atoms with Gasteiger partial charge in [-0.25, -0.2) is 0 Å². The van der Waals surface area contributed by atoms with Crippen LogP contribution in [0.4, 0.5) is 0 Å². The first kappa shape index (κ1) is 22.9. The Hall–Kier alpha value is -0.120. The van der Waals surface area contributed by atoms with Crippen LogP contribution < -0.4 is 10.6 Å². The number of guanidine groups is 1. The molecule has 25 heavy (non-hydrogen) atoms. The summed E-state index contributed by atoms with van der Waals surface area (Å²) in [5.74, 6) is 1.59. The highest BCUT2D eigenvalue weighted by atomic mass is 127. The molecule has 2 aliphatic rings. The minimum atomic E-state index is 0. The van der Waals surface area contributed by atoms with Crippen LogP contribution in [-0.4, -0.2) is 87.4 Å². The second-order valence-corrected chi connectivity index (χ2v) is 7.39. The van der Waals surface area contributed by atoms with Crippen LogP contribution in [0, 0.1) is 5.92 Å². The number of rotatable bonds is 9. The number of aliphatic imine (C=N–C) groups is 1. The molecule has 1 unspecified atom stereocenters. The van der Waals surface area contributed by atoms with E-state index < -0.39 is 0 Å². The number of ether oxygens (including phenoxy) is 1. The van der Waals surface area contributed by atoms with Crippen molar-refractivity contribution in [3.8, 4) is 0 Å². The third kappa shape index (κ3) is 8.88. The van der Waals surface area contributed by atoms with Gasteiger partial charge in [-0.15, -0.1) is 24.0 Å². The number of nitrogens with one attached hydrogen (secondary N) is 2. The summed E-state index contributed by atoms with van der Waals surface area (Å²) in [6, 6.07) is 0.828. The summed E-state index contributed by atoms with van der Waals surface area (Å²) in [4.78, 5) is 9.39. The Morgan fingerprint density at radius 1 is 1.32 bits per heavy atom. The lowest BCUT2D eigenvalue weighted by Crippen LogP contribution is -2.50. The van der Waals surface area contributed by atoms with Gasteiger partial charge < -0.3 is 15.4 Å². The van der Waals surface area contributed by atoms with Crippen LogP contribution in [-0.2, 0) is 4.74 Å². The van der Waals surface area contributed by atoms with E-state index in [0.29, 0.717) is 5.92 Å². The number of likely N-dealkylation sites (N-methyl/N-ethyl adjacent to an activating group) is 1. The first-order valence-electron chi connectivity index (χ1n) is 9.64. The van der Waals surface area contributed by atoms with Crippen LogP contribution >= 0.6 is 24.0 Å². The first-order valence-corrected chi connectivity index (χ1v) is 9.64. The van der Waals surface area contributed by atoms with E-state index in [1.165, 1.54) is 12.8 Å². The van der Waals surface area contributed by atoms with Gasteiger partial charge in [0.2, 0.25) is 0 Å². The van der Waals surface area contributed by atoms with Gasteiger partial charge in [0.1, 0.15) is 0 Å². The van der Waals surface area contributed by atoms with E-state index in [2.05, 4.69) is 46.2 Å². The zero-order valence-electron chi connectivity index (χ0n) is 16.5. The van der Waals surface area contributed by atoms with Crippen molar-refractivity contribution in [1.29, 1.82) is 0 Å². The van der Waals surface area contributed by atoms with Crippen molar-refractivity contribution in [2.45, 2.75) is 45.8 Å². The van der Waals surface area contributed by atoms with Gasteiger partial charge >= 0.3 is 0 Å². The maximum atomic E-state index is 5.89. The van der Waals surface area contributed by atoms with Crippen LogP contribution in [0.5, 0.6) is 0 Å². The van der Waals surface area contributed by atoms with Gasteiger partial charge in [-0.2, -0.15) is 0 Å². The Kier molecular flexibility index (Phi) is 11.3. The molecule has 0 amide bonds. The van der Waals surface area contributed by atoms with E-state index in [1.54, 1.807) is 0 Å². The van der Waals surface area contributed by atoms with Gasteiger partial charge in [0, 0.05) is 52.4 Å². The van der Waals surface area contributed by atoms with Crippen LogP contribution in [0.3, 0.4) is 0 Å². The number of hydrogen-bond donors (Lipinski definition) is 2. The van der Waals surface area contributed by atoms with E-state index in [0.717, 1.165) is 64.4 Å². The van der Waals surface area contributed by atoms with Crippen molar-refractivity contribution < 1.29 is 4.74 Å². The molecule has 7 heteroatoms. The molecule has 0 spiro atoms. The lowest BCUT2D eigenvalue weighted by molar-refractivity contribution is -0.0284. The Morgan fingerprint density at radius 2 is 2.08 bits per heavy atom. The first-order chi connectivity index (χ1) is 11.6. The summed E-state index contributed by atoms with van der Waals surface area (Å²) >= 11 is 0. The molecule has 0 radical (unpaired) electrons. The lowest BCUT2D eigenvalue weighted by Gasteiger charge is -2.34. The topological polar surface area (TPSA) is 52.1 Å². The van der Waals surface area contributed by atoms with E-state index in [9.17, 15) is 0 Å². The molecule has 1 atom stereocenters. The van der Waals surface area contributed by atoms with Crippen molar-refractivity contribution in [1.82, 2.24) is 20.4 Å². The van der Waals surface area contributed by atoms with Gasteiger partial charge in [-0.1, -0.05) is 20.8 Å². The Morgan fingerprint density at radius 3 is 2.68 bits per heavy atom. The SMILES string of the molecule is CCN(CCNC(=NC)NCC1CN(CC(C)C)CCO1)C1CC1.I. The maximum absolute atomic E-state index is 5.89. The molecule has 0 bridgehead atoms. The molecule has 2 N–H and O–H groups in total. The molecule has 148 valence electrons. The van der Waals surface area contributed by atoms with Crippen LogP contribution in [0.2, 0.25) is 0 Å². The molecular weight excluding hydrogens is 429 g/mol. The van der Waals surface area contributed by atoms with E-state index in [-0.39, 0.29) is 30.1 Å². The fraction of sp³-hybridized carbons (Fsp3) is 0.944. The van der Waals surface area contributed by atoms with Crippen LogP contribution in [0.1, 0.15) is 33.6 Å². The number of hydrogen-bond acceptors (Lipinski definition) is 4. The molecule has 1 aliphatic heterocycles. The zero-order chi connectivity index (χ0) is 17.4. The summed E-state index contributed by atoms with van der Waals surface area (Å²) in [7, 11) is 1.83. The van der Waals surface area contributed by atoms with Crippen molar-refractivity contribution >= 4 is 29.9 Å². The molecule has 1 heterocycles. The summed E-state index contributed by atoms with van der Waals surface area (Å²) in [6.07, 6.45) is 2.98. The molecule has 6 nitrogen and oxygen atoms in total. The second kappa shape index (κ2) is 12.3. The molecule has 2 fully saturated rings. The normalized spacial score (nSPS) is 22.2. The van der Waals surface area contributed by atoms with E-state index in [1.807, 2.05) is 7.05 Å². The van der Waals surface area contributed by atoms with Crippen molar-refractivity contribution in [2.24, 2.45) is 10.9 Å². The highest BCUT2D eigenvalue weighted by Crippen LogP contribution is 2.25. The monoisotopic (exact) mass is 467 g/mol. The fourth-order valence-corrected chi connectivity index (χ4v) is 3.37. The minimum absolute atomic E-state index is 0. The molecular formula is C18H38IN5O. The number of morpholine rings is 1. The summed E-state index contributed by atoms with van der Waals surface area (Å²) in [6.45, 7) is 14.8. The van der Waals surface area contributed by atoms with Crippen molar-refractivity contribution in [3.63, 3.8) is 0 Å². The summed E-state index contributed by atoms with van der Waals surface area (Å²) in [5.41, 5.74) is 0. The smallest absolute Gasteiger partial charge is 0.191 e. The number of nitrogens with zero attached hydrogens (tertiary/aromatic N) is 3. The van der Waals surface area contributed by atoms with Crippen LogP contribution in [0.25, 0.3) is 0 Å². The lowest BCUT2D eigenvalue weighted by atomic mass is 10.2. The van der Waals surface area contributed by atoms with Crippen LogP contribution in [0.15, 0.2) is 4.99 Å². The molecule has 1 saturated heterocycles. The standard InChI is InChI=1S/C18H37N5O.HI/c1-5-23(16-6-7-16)9-8-20-18(19-4)21-12-17-14-22(10-11-24-17)13-15(2)3;/h15-17H,5-14H2,1-4H3,(H2,19,20,21);1H. The van der Waals surface area contributed by atoms with Crippen molar-refractivity contribution in [3.05, 3.63) is 0 Å². The van der Waals surface area contributed by atoms with E-state index in [4.69, 9.17) is 4.74 Å². The Labute approximate surface area is 171 Å². The average Bonchev–Trinajstić information content (AvgIpc) is 3.39. The predicted molar refractivity (Wildman–Crippen MR) is 116 cm³/mol. The zero-order valence-corrected chi connectivity index (χ0v) is 18.8. The Balaban J connectivity index is 0.00000312. The fourth-order valence-electron chi connectivity index (χ4n) is 3.37. The molecule has 0 aromatic rings. The molecule has 1 saturated carbocycles. The van der Waals surface area contributed by atoms with Crippen molar-refractivity contribution in [2.75, 3.05) is 59.5 Å². The molecule has 0 aromatic heterocycles. The molecule has 0 aromatic carbocycles. The molecule has 2 rings (SSSR count). The molecule has 1 aliphatic carbocycles. The number of halogens is 1. The quantitative estimate of drug-likeness (QED) is 0.307. The van der Waals surface area contributed by atoms with Gasteiger partial charge in [0.25, 0.3) is 0 Å². The minimum Gasteiger partial charge on any atom is -0.374 e.